The van der Waals surface area contributed by atoms with Gasteiger partial charge in [0.05, 0.1) is 13.2 Å². The van der Waals surface area contributed by atoms with Crippen molar-refractivity contribution < 1.29 is 14.6 Å². The van der Waals surface area contributed by atoms with E-state index in [1.807, 2.05) is 6.07 Å². The second-order valence-corrected chi connectivity index (χ2v) is 3.43. The van der Waals surface area contributed by atoms with Crippen LogP contribution in [0.15, 0.2) is 18.3 Å². The second kappa shape index (κ2) is 4.76. The number of fused-ring (bicyclic) bond motifs is 1. The van der Waals surface area contributed by atoms with Crippen molar-refractivity contribution in [2.45, 2.75) is 6.61 Å². The van der Waals surface area contributed by atoms with Crippen molar-refractivity contribution in [1.82, 2.24) is 4.98 Å². The van der Waals surface area contributed by atoms with Gasteiger partial charge in [-0.05, 0) is 17.7 Å². The van der Waals surface area contributed by atoms with Crippen molar-refractivity contribution in [2.75, 3.05) is 18.5 Å². The van der Waals surface area contributed by atoms with Crippen LogP contribution in [0.1, 0.15) is 11.1 Å². The summed E-state index contributed by atoms with van der Waals surface area (Å²) in [5.74, 6) is -0.158. The molecule has 1 aromatic rings. The molecule has 2 heterocycles. The lowest BCUT2D eigenvalue weighted by Crippen LogP contribution is -2.05. The maximum absolute atomic E-state index is 10.4. The van der Waals surface area contributed by atoms with Crippen molar-refractivity contribution >= 4 is 17.9 Å². The van der Waals surface area contributed by atoms with Crippen LogP contribution >= 0.6 is 0 Å². The highest BCUT2D eigenvalue weighted by atomic mass is 16.5. The Hall–Kier alpha value is -1.88. The largest absolute Gasteiger partial charge is 0.478 e. The van der Waals surface area contributed by atoms with Gasteiger partial charge in [-0.25, -0.2) is 9.78 Å². The minimum Gasteiger partial charge on any atom is -0.478 e. The molecule has 5 nitrogen and oxygen atoms in total. The van der Waals surface area contributed by atoms with Crippen molar-refractivity contribution in [3.05, 3.63) is 29.5 Å². The van der Waals surface area contributed by atoms with Gasteiger partial charge in [0.1, 0.15) is 5.82 Å². The first kappa shape index (κ1) is 10.6. The quantitative estimate of drug-likeness (QED) is 0.731. The average molecular weight is 220 g/mol. The van der Waals surface area contributed by atoms with Gasteiger partial charge in [-0.1, -0.05) is 0 Å². The van der Waals surface area contributed by atoms with E-state index in [-0.39, 0.29) is 0 Å². The summed E-state index contributed by atoms with van der Waals surface area (Å²) in [4.78, 5) is 14.6. The SMILES string of the molecule is O=C(O)C=Cc1cnc2c(c1)COCCN2. The van der Waals surface area contributed by atoms with Gasteiger partial charge in [0, 0.05) is 24.4 Å². The summed E-state index contributed by atoms with van der Waals surface area (Å²) < 4.78 is 5.36. The molecule has 84 valence electrons. The smallest absolute Gasteiger partial charge is 0.328 e. The molecule has 0 bridgehead atoms. The molecule has 0 aliphatic carbocycles. The van der Waals surface area contributed by atoms with Crippen LogP contribution in [0.4, 0.5) is 5.82 Å². The Kier molecular flexibility index (Phi) is 3.16. The average Bonchev–Trinajstić information content (AvgIpc) is 2.50. The van der Waals surface area contributed by atoms with Gasteiger partial charge in [-0.2, -0.15) is 0 Å². The molecule has 0 saturated heterocycles. The molecule has 5 heteroatoms. The number of aliphatic carboxylic acids is 1. The highest BCUT2D eigenvalue weighted by Crippen LogP contribution is 2.18. The van der Waals surface area contributed by atoms with Crippen LogP contribution in [0, 0.1) is 0 Å². The second-order valence-electron chi connectivity index (χ2n) is 3.43. The number of nitrogens with one attached hydrogen (secondary N) is 1. The molecule has 1 aliphatic heterocycles. The van der Waals surface area contributed by atoms with E-state index in [1.54, 1.807) is 6.20 Å². The lowest BCUT2D eigenvalue weighted by Gasteiger charge is -2.05. The maximum atomic E-state index is 10.4. The number of pyridine rings is 1. The van der Waals surface area contributed by atoms with E-state index in [9.17, 15) is 4.79 Å². The Labute approximate surface area is 92.8 Å². The van der Waals surface area contributed by atoms with E-state index >= 15 is 0 Å². The molecule has 0 fully saturated rings. The zero-order chi connectivity index (χ0) is 11.4. The molecule has 2 rings (SSSR count). The van der Waals surface area contributed by atoms with E-state index in [0.717, 1.165) is 29.6 Å². The minimum atomic E-state index is -0.968. The molecule has 1 aliphatic rings. The summed E-state index contributed by atoms with van der Waals surface area (Å²) >= 11 is 0. The fourth-order valence-electron chi connectivity index (χ4n) is 1.48. The van der Waals surface area contributed by atoms with Gasteiger partial charge in [-0.15, -0.1) is 0 Å². The van der Waals surface area contributed by atoms with E-state index in [2.05, 4.69) is 10.3 Å². The Balaban J connectivity index is 2.24. The van der Waals surface area contributed by atoms with Gasteiger partial charge in [0.15, 0.2) is 0 Å². The summed E-state index contributed by atoms with van der Waals surface area (Å²) in [5.41, 5.74) is 1.71. The standard InChI is InChI=1S/C11H12N2O3/c14-10(15)2-1-8-5-9-7-16-4-3-12-11(9)13-6-8/h1-2,5-6H,3-4,7H2,(H,12,13)(H,14,15). The molecule has 2 N–H and O–H groups in total. The molecule has 0 spiro atoms. The Morgan fingerprint density at radius 2 is 2.50 bits per heavy atom. The lowest BCUT2D eigenvalue weighted by molar-refractivity contribution is -0.131. The van der Waals surface area contributed by atoms with Crippen LogP contribution in [-0.4, -0.2) is 29.2 Å². The van der Waals surface area contributed by atoms with Gasteiger partial charge < -0.3 is 15.2 Å². The summed E-state index contributed by atoms with van der Waals surface area (Å²) in [6.07, 6.45) is 4.24. The molecule has 0 aromatic carbocycles. The van der Waals surface area contributed by atoms with E-state index < -0.39 is 5.97 Å². The number of nitrogens with zero attached hydrogens (tertiary/aromatic N) is 1. The highest BCUT2D eigenvalue weighted by Gasteiger charge is 2.08. The predicted molar refractivity (Wildman–Crippen MR) is 59.1 cm³/mol. The molecular formula is C11H12N2O3. The van der Waals surface area contributed by atoms with Crippen molar-refractivity contribution in [1.29, 1.82) is 0 Å². The summed E-state index contributed by atoms with van der Waals surface area (Å²) in [6.45, 7) is 1.89. The fraction of sp³-hybridized carbons (Fsp3) is 0.273. The number of aromatic nitrogens is 1. The lowest BCUT2D eigenvalue weighted by atomic mass is 10.2. The number of hydrogen-bond acceptors (Lipinski definition) is 4. The van der Waals surface area contributed by atoms with Gasteiger partial charge in [-0.3, -0.25) is 0 Å². The summed E-state index contributed by atoms with van der Waals surface area (Å²) in [6, 6.07) is 1.88. The number of carbonyl (C=O) groups is 1. The zero-order valence-corrected chi connectivity index (χ0v) is 8.64. The fourth-order valence-corrected chi connectivity index (χ4v) is 1.48. The monoisotopic (exact) mass is 220 g/mol. The Morgan fingerprint density at radius 1 is 1.62 bits per heavy atom. The molecule has 0 atom stereocenters. The van der Waals surface area contributed by atoms with Crippen molar-refractivity contribution in [2.24, 2.45) is 0 Å². The minimum absolute atomic E-state index is 0.504. The topological polar surface area (TPSA) is 71.5 Å². The molecule has 16 heavy (non-hydrogen) atoms. The van der Waals surface area contributed by atoms with Crippen molar-refractivity contribution in [3.63, 3.8) is 0 Å². The first-order chi connectivity index (χ1) is 7.75. The Bertz CT molecular complexity index is 429. The van der Waals surface area contributed by atoms with Crippen LogP contribution in [0.2, 0.25) is 0 Å². The van der Waals surface area contributed by atoms with Crippen molar-refractivity contribution in [3.8, 4) is 0 Å². The number of anilines is 1. The molecular weight excluding hydrogens is 208 g/mol. The third-order valence-electron chi connectivity index (χ3n) is 2.20. The van der Waals surface area contributed by atoms with Crippen LogP contribution in [0.3, 0.4) is 0 Å². The van der Waals surface area contributed by atoms with Crippen LogP contribution in [0.25, 0.3) is 6.08 Å². The van der Waals surface area contributed by atoms with Gasteiger partial charge in [0.2, 0.25) is 0 Å². The number of ether oxygens (including phenoxy) is 1. The molecule has 0 saturated carbocycles. The first-order valence-corrected chi connectivity index (χ1v) is 4.97. The van der Waals surface area contributed by atoms with Gasteiger partial charge in [0.25, 0.3) is 0 Å². The highest BCUT2D eigenvalue weighted by molar-refractivity contribution is 5.85. The van der Waals surface area contributed by atoms with Crippen LogP contribution < -0.4 is 5.32 Å². The van der Waals surface area contributed by atoms with Crippen LogP contribution in [-0.2, 0) is 16.1 Å². The number of carboxylic acid groups (broad SMARTS) is 1. The van der Waals surface area contributed by atoms with Crippen LogP contribution in [0.5, 0.6) is 0 Å². The van der Waals surface area contributed by atoms with E-state index in [1.165, 1.54) is 6.08 Å². The molecule has 0 radical (unpaired) electrons. The number of hydrogen-bond donors (Lipinski definition) is 2. The normalized spacial score (nSPS) is 15.2. The third kappa shape index (κ3) is 2.58. The predicted octanol–water partition coefficient (Wildman–Crippen LogP) is 1.12. The summed E-state index contributed by atoms with van der Waals surface area (Å²) in [7, 11) is 0. The number of rotatable bonds is 2. The molecule has 1 aromatic heterocycles. The first-order valence-electron chi connectivity index (χ1n) is 4.97. The van der Waals surface area contributed by atoms with E-state index in [0.29, 0.717) is 13.2 Å². The maximum Gasteiger partial charge on any atom is 0.328 e. The van der Waals surface area contributed by atoms with Gasteiger partial charge >= 0.3 is 5.97 Å². The third-order valence-corrected chi connectivity index (χ3v) is 2.20. The zero-order valence-electron chi connectivity index (χ0n) is 8.64. The summed E-state index contributed by atoms with van der Waals surface area (Å²) in [5, 5.41) is 11.7. The molecule has 0 unspecified atom stereocenters. The molecule has 0 amide bonds. The Morgan fingerprint density at radius 3 is 3.31 bits per heavy atom. The van der Waals surface area contributed by atoms with E-state index in [4.69, 9.17) is 9.84 Å². The number of carboxylic acids is 1.